The average Bonchev–Trinajstić information content (AvgIpc) is 2.74. The van der Waals surface area contributed by atoms with Crippen LogP contribution < -0.4 is 10.9 Å². The first-order valence-electron chi connectivity index (χ1n) is 5.95. The Bertz CT molecular complexity index is 350. The van der Waals surface area contributed by atoms with Crippen molar-refractivity contribution in [3.63, 3.8) is 0 Å². The summed E-state index contributed by atoms with van der Waals surface area (Å²) in [5.74, 6) is -0.0597. The second kappa shape index (κ2) is 6.32. The molecule has 100 valence electrons. The van der Waals surface area contributed by atoms with E-state index in [9.17, 15) is 13.2 Å². The van der Waals surface area contributed by atoms with Crippen LogP contribution in [0.4, 0.5) is 0 Å². The van der Waals surface area contributed by atoms with E-state index in [1.165, 1.54) is 0 Å². The Kier molecular flexibility index (Phi) is 5.35. The van der Waals surface area contributed by atoms with Crippen molar-refractivity contribution >= 4 is 15.9 Å². The van der Waals surface area contributed by atoms with Crippen molar-refractivity contribution < 1.29 is 13.2 Å². The maximum absolute atomic E-state index is 11.8. The van der Waals surface area contributed by atoms with E-state index in [1.807, 2.05) is 0 Å². The number of primary sulfonamides is 1. The molecule has 0 bridgehead atoms. The van der Waals surface area contributed by atoms with Crippen LogP contribution in [0.25, 0.3) is 0 Å². The molecule has 6 nitrogen and oxygen atoms in total. The van der Waals surface area contributed by atoms with Crippen molar-refractivity contribution in [3.8, 4) is 0 Å². The lowest BCUT2D eigenvalue weighted by atomic mass is 10.1. The number of carbonyl (C=O) groups is 1. The second-order valence-corrected chi connectivity index (χ2v) is 6.24. The van der Waals surface area contributed by atoms with Crippen molar-refractivity contribution in [3.05, 3.63) is 0 Å². The zero-order valence-corrected chi connectivity index (χ0v) is 10.8. The van der Waals surface area contributed by atoms with E-state index in [4.69, 9.17) is 10.9 Å². The van der Waals surface area contributed by atoms with Gasteiger partial charge in [-0.1, -0.05) is 6.42 Å². The number of nitrogens with two attached hydrogens (primary N) is 2. The van der Waals surface area contributed by atoms with Gasteiger partial charge in [-0.25, -0.2) is 13.6 Å². The number of carbonyl (C=O) groups excluding carboxylic acids is 1. The van der Waals surface area contributed by atoms with Crippen LogP contribution in [0.3, 0.4) is 0 Å². The summed E-state index contributed by atoms with van der Waals surface area (Å²) in [6, 6.07) is -0.506. The predicted molar refractivity (Wildman–Crippen MR) is 65.6 cm³/mol. The monoisotopic (exact) mass is 263 g/mol. The van der Waals surface area contributed by atoms with Gasteiger partial charge in [0, 0.05) is 13.1 Å². The Morgan fingerprint density at radius 2 is 1.82 bits per heavy atom. The fourth-order valence-electron chi connectivity index (χ4n) is 1.96. The Morgan fingerprint density at radius 3 is 2.35 bits per heavy atom. The van der Waals surface area contributed by atoms with E-state index in [0.717, 1.165) is 25.9 Å². The number of rotatable bonds is 6. The van der Waals surface area contributed by atoms with Crippen molar-refractivity contribution in [2.75, 3.05) is 18.8 Å². The van der Waals surface area contributed by atoms with Crippen LogP contribution in [-0.4, -0.2) is 44.1 Å². The first-order chi connectivity index (χ1) is 7.90. The molecule has 0 aliphatic carbocycles. The number of likely N-dealkylation sites (tertiary alicyclic amines) is 1. The molecule has 1 atom stereocenters. The molecule has 0 saturated carbocycles. The van der Waals surface area contributed by atoms with Crippen LogP contribution in [0.1, 0.15) is 32.1 Å². The topological polar surface area (TPSA) is 106 Å². The number of nitrogens with zero attached hydrogens (tertiary/aromatic N) is 1. The van der Waals surface area contributed by atoms with Crippen molar-refractivity contribution in [1.29, 1.82) is 0 Å². The highest BCUT2D eigenvalue weighted by molar-refractivity contribution is 7.89. The first kappa shape index (κ1) is 14.4. The standard InChI is InChI=1S/C10H21N3O3S/c11-9(5-1-4-8-17(12,15)16)10(14)13-6-2-3-7-13/h9H,1-8,11H2,(H2,12,15,16). The molecule has 1 aliphatic rings. The average molecular weight is 263 g/mol. The number of hydrogen-bond acceptors (Lipinski definition) is 4. The van der Waals surface area contributed by atoms with Gasteiger partial charge in [-0.15, -0.1) is 0 Å². The van der Waals surface area contributed by atoms with Gasteiger partial charge in [-0.2, -0.15) is 0 Å². The summed E-state index contributed by atoms with van der Waals surface area (Å²) in [4.78, 5) is 13.6. The highest BCUT2D eigenvalue weighted by atomic mass is 32.2. The summed E-state index contributed by atoms with van der Waals surface area (Å²) in [5, 5.41) is 4.88. The van der Waals surface area contributed by atoms with Gasteiger partial charge in [0.2, 0.25) is 15.9 Å². The third kappa shape index (κ3) is 5.47. The van der Waals surface area contributed by atoms with E-state index >= 15 is 0 Å². The molecule has 0 aromatic rings. The molecular weight excluding hydrogens is 242 g/mol. The molecule has 1 amide bonds. The van der Waals surface area contributed by atoms with Crippen molar-refractivity contribution in [2.24, 2.45) is 10.9 Å². The molecule has 1 rings (SSSR count). The van der Waals surface area contributed by atoms with E-state index in [-0.39, 0.29) is 11.7 Å². The summed E-state index contributed by atoms with van der Waals surface area (Å²) < 4.78 is 21.4. The fraction of sp³-hybridized carbons (Fsp3) is 0.900. The summed E-state index contributed by atoms with van der Waals surface area (Å²) >= 11 is 0. The Labute approximate surface area is 102 Å². The lowest BCUT2D eigenvalue weighted by Crippen LogP contribution is -2.42. The van der Waals surface area contributed by atoms with Crippen molar-refractivity contribution in [2.45, 2.75) is 38.1 Å². The molecule has 0 radical (unpaired) electrons. The predicted octanol–water partition coefficient (Wildman–Crippen LogP) is -0.605. The second-order valence-electron chi connectivity index (χ2n) is 4.50. The molecule has 1 unspecified atom stereocenters. The zero-order chi connectivity index (χ0) is 12.9. The summed E-state index contributed by atoms with van der Waals surface area (Å²) in [6.45, 7) is 1.59. The number of amides is 1. The minimum atomic E-state index is -3.39. The lowest BCUT2D eigenvalue weighted by Gasteiger charge is -2.19. The molecule has 17 heavy (non-hydrogen) atoms. The van der Waals surface area contributed by atoms with Crippen LogP contribution in [0, 0.1) is 0 Å². The van der Waals surface area contributed by atoms with Gasteiger partial charge >= 0.3 is 0 Å². The lowest BCUT2D eigenvalue weighted by molar-refractivity contribution is -0.131. The molecule has 1 aliphatic heterocycles. The summed E-state index contributed by atoms with van der Waals surface area (Å²) in [5.41, 5.74) is 5.77. The Balaban J connectivity index is 2.20. The Hall–Kier alpha value is -0.660. The SMILES string of the molecule is NC(CCCCS(N)(=O)=O)C(=O)N1CCCC1. The molecule has 1 saturated heterocycles. The molecule has 0 aromatic carbocycles. The normalized spacial score (nSPS) is 18.4. The first-order valence-corrected chi connectivity index (χ1v) is 7.66. The largest absolute Gasteiger partial charge is 0.341 e. The van der Waals surface area contributed by atoms with E-state index < -0.39 is 16.1 Å². The van der Waals surface area contributed by atoms with Gasteiger partial charge in [0.25, 0.3) is 0 Å². The van der Waals surface area contributed by atoms with Gasteiger partial charge in [-0.05, 0) is 25.7 Å². The maximum atomic E-state index is 11.8. The third-order valence-corrected chi connectivity index (χ3v) is 3.79. The maximum Gasteiger partial charge on any atom is 0.239 e. The molecule has 7 heteroatoms. The van der Waals surface area contributed by atoms with Crippen LogP contribution in [-0.2, 0) is 14.8 Å². The molecule has 1 heterocycles. The van der Waals surface area contributed by atoms with Gasteiger partial charge in [-0.3, -0.25) is 4.79 Å². The fourth-order valence-corrected chi connectivity index (χ4v) is 2.57. The Morgan fingerprint density at radius 1 is 1.24 bits per heavy atom. The number of sulfonamides is 1. The van der Waals surface area contributed by atoms with Crippen LogP contribution >= 0.6 is 0 Å². The number of hydrogen-bond donors (Lipinski definition) is 2. The van der Waals surface area contributed by atoms with E-state index in [0.29, 0.717) is 19.3 Å². The zero-order valence-electron chi connectivity index (χ0n) is 9.97. The van der Waals surface area contributed by atoms with E-state index in [1.54, 1.807) is 4.90 Å². The van der Waals surface area contributed by atoms with Crippen LogP contribution in [0.5, 0.6) is 0 Å². The molecule has 1 fully saturated rings. The minimum absolute atomic E-state index is 0.0156. The third-order valence-electron chi connectivity index (χ3n) is 2.93. The number of unbranched alkanes of at least 4 members (excludes halogenated alkanes) is 1. The molecule has 4 N–H and O–H groups in total. The van der Waals surface area contributed by atoms with Gasteiger partial charge < -0.3 is 10.6 Å². The molecule has 0 spiro atoms. The quantitative estimate of drug-likeness (QED) is 0.624. The summed E-state index contributed by atoms with van der Waals surface area (Å²) in [7, 11) is -3.39. The molecule has 0 aromatic heterocycles. The van der Waals surface area contributed by atoms with Crippen LogP contribution in [0.2, 0.25) is 0 Å². The van der Waals surface area contributed by atoms with Crippen LogP contribution in [0.15, 0.2) is 0 Å². The van der Waals surface area contributed by atoms with E-state index in [2.05, 4.69) is 0 Å². The molecular formula is C10H21N3O3S. The highest BCUT2D eigenvalue weighted by Gasteiger charge is 2.23. The van der Waals surface area contributed by atoms with Gasteiger partial charge in [0.05, 0.1) is 11.8 Å². The van der Waals surface area contributed by atoms with Crippen molar-refractivity contribution in [1.82, 2.24) is 4.90 Å². The summed E-state index contributed by atoms with van der Waals surface area (Å²) in [6.07, 6.45) is 3.68. The highest BCUT2D eigenvalue weighted by Crippen LogP contribution is 2.11. The van der Waals surface area contributed by atoms with Gasteiger partial charge in [0.15, 0.2) is 0 Å². The minimum Gasteiger partial charge on any atom is -0.341 e. The smallest absolute Gasteiger partial charge is 0.239 e. The van der Waals surface area contributed by atoms with Gasteiger partial charge in [0.1, 0.15) is 0 Å².